The van der Waals surface area contributed by atoms with Crippen LogP contribution in [0.4, 0.5) is 5.69 Å². The molecule has 0 unspecified atom stereocenters. The third-order valence-corrected chi connectivity index (χ3v) is 3.17. The van der Waals surface area contributed by atoms with E-state index >= 15 is 0 Å². The summed E-state index contributed by atoms with van der Waals surface area (Å²) in [7, 11) is 0. The lowest BCUT2D eigenvalue weighted by Crippen LogP contribution is -2.14. The van der Waals surface area contributed by atoms with E-state index in [1.165, 1.54) is 6.07 Å². The van der Waals surface area contributed by atoms with Gasteiger partial charge in [-0.2, -0.15) is 5.26 Å². The van der Waals surface area contributed by atoms with Crippen LogP contribution in [0.3, 0.4) is 0 Å². The Labute approximate surface area is 126 Å². The summed E-state index contributed by atoms with van der Waals surface area (Å²) in [6, 6.07) is 13.8. The molecule has 0 aliphatic rings. The molecule has 0 bridgehead atoms. The van der Waals surface area contributed by atoms with Gasteiger partial charge in [0.2, 0.25) is 5.91 Å². The average molecular weight is 305 g/mol. The largest absolute Gasteiger partial charge is 0.324 e. The van der Waals surface area contributed by atoms with Crippen molar-refractivity contribution in [2.24, 2.45) is 0 Å². The number of nitrogens with zero attached hydrogens (tertiary/aromatic N) is 1. The molecule has 0 saturated heterocycles. The molecule has 0 fully saturated rings. The van der Waals surface area contributed by atoms with Gasteiger partial charge in [0.25, 0.3) is 0 Å². The van der Waals surface area contributed by atoms with E-state index in [0.29, 0.717) is 21.3 Å². The molecule has 3 nitrogen and oxygen atoms in total. The Morgan fingerprint density at radius 3 is 2.65 bits per heavy atom. The van der Waals surface area contributed by atoms with Crippen LogP contribution in [-0.4, -0.2) is 5.91 Å². The highest BCUT2D eigenvalue weighted by atomic mass is 35.5. The van der Waals surface area contributed by atoms with E-state index in [-0.39, 0.29) is 12.3 Å². The van der Waals surface area contributed by atoms with Gasteiger partial charge in [-0.05, 0) is 35.9 Å². The molecule has 5 heteroatoms. The van der Waals surface area contributed by atoms with E-state index in [2.05, 4.69) is 5.32 Å². The Bertz CT molecular complexity index is 693. The molecule has 100 valence electrons. The molecule has 2 aromatic carbocycles. The van der Waals surface area contributed by atoms with Gasteiger partial charge in [0.15, 0.2) is 0 Å². The molecule has 0 atom stereocenters. The second-order valence-electron chi connectivity index (χ2n) is 4.16. The molecular weight excluding hydrogens is 295 g/mol. The minimum absolute atomic E-state index is 0.195. The topological polar surface area (TPSA) is 52.9 Å². The van der Waals surface area contributed by atoms with Crippen LogP contribution in [0.25, 0.3) is 0 Å². The SMILES string of the molecule is N#Cc1ccc(NC(=O)Cc2cccc(Cl)c2)c(Cl)c1. The van der Waals surface area contributed by atoms with Gasteiger partial charge in [-0.25, -0.2) is 0 Å². The number of nitriles is 1. The highest BCUT2D eigenvalue weighted by molar-refractivity contribution is 6.33. The number of benzene rings is 2. The Kier molecular flexibility index (Phi) is 4.62. The Morgan fingerprint density at radius 2 is 2.00 bits per heavy atom. The van der Waals surface area contributed by atoms with E-state index < -0.39 is 0 Å². The maximum absolute atomic E-state index is 11.9. The van der Waals surface area contributed by atoms with Crippen molar-refractivity contribution < 1.29 is 4.79 Å². The Morgan fingerprint density at radius 1 is 1.20 bits per heavy atom. The van der Waals surface area contributed by atoms with E-state index in [1.54, 1.807) is 30.3 Å². The first-order valence-electron chi connectivity index (χ1n) is 5.82. The molecule has 2 aromatic rings. The van der Waals surface area contributed by atoms with Crippen molar-refractivity contribution in [3.63, 3.8) is 0 Å². The molecule has 20 heavy (non-hydrogen) atoms. The van der Waals surface area contributed by atoms with Crippen LogP contribution < -0.4 is 5.32 Å². The van der Waals surface area contributed by atoms with E-state index in [4.69, 9.17) is 28.5 Å². The Hall–Kier alpha value is -2.02. The molecular formula is C15H10Cl2N2O. The normalized spacial score (nSPS) is 9.85. The predicted molar refractivity (Wildman–Crippen MR) is 80.0 cm³/mol. The number of rotatable bonds is 3. The van der Waals surface area contributed by atoms with E-state index in [1.807, 2.05) is 12.1 Å². The summed E-state index contributed by atoms with van der Waals surface area (Å²) in [5, 5.41) is 12.4. The van der Waals surface area contributed by atoms with Crippen molar-refractivity contribution in [2.75, 3.05) is 5.32 Å². The molecule has 0 spiro atoms. The molecule has 0 aromatic heterocycles. The van der Waals surface area contributed by atoms with Crippen molar-refractivity contribution in [1.29, 1.82) is 5.26 Å². The summed E-state index contributed by atoms with van der Waals surface area (Å²) in [5.74, 6) is -0.195. The smallest absolute Gasteiger partial charge is 0.228 e. The number of carbonyl (C=O) groups excluding carboxylic acids is 1. The van der Waals surface area contributed by atoms with Crippen LogP contribution in [0.15, 0.2) is 42.5 Å². The molecule has 2 rings (SSSR count). The second kappa shape index (κ2) is 6.42. The van der Waals surface area contributed by atoms with Crippen molar-refractivity contribution in [1.82, 2.24) is 0 Å². The quantitative estimate of drug-likeness (QED) is 0.930. The molecule has 0 heterocycles. The van der Waals surface area contributed by atoms with Crippen LogP contribution in [0.5, 0.6) is 0 Å². The molecule has 1 amide bonds. The first-order chi connectivity index (χ1) is 9.58. The maximum Gasteiger partial charge on any atom is 0.228 e. The summed E-state index contributed by atoms with van der Waals surface area (Å²) in [4.78, 5) is 11.9. The van der Waals surface area contributed by atoms with Crippen LogP contribution in [0.1, 0.15) is 11.1 Å². The summed E-state index contributed by atoms with van der Waals surface area (Å²) in [6.45, 7) is 0. The third kappa shape index (κ3) is 3.74. The van der Waals surface area contributed by atoms with E-state index in [0.717, 1.165) is 5.56 Å². The fourth-order valence-corrected chi connectivity index (χ4v) is 2.15. The first-order valence-corrected chi connectivity index (χ1v) is 6.58. The molecule has 0 saturated carbocycles. The highest BCUT2D eigenvalue weighted by Crippen LogP contribution is 2.23. The van der Waals surface area contributed by atoms with Gasteiger partial charge in [-0.15, -0.1) is 0 Å². The summed E-state index contributed by atoms with van der Waals surface area (Å²) >= 11 is 11.9. The van der Waals surface area contributed by atoms with Crippen molar-refractivity contribution in [2.45, 2.75) is 6.42 Å². The minimum Gasteiger partial charge on any atom is -0.324 e. The molecule has 1 N–H and O–H groups in total. The number of nitrogens with one attached hydrogen (secondary N) is 1. The molecule has 0 aliphatic heterocycles. The van der Waals surface area contributed by atoms with Gasteiger partial charge in [0.05, 0.1) is 28.8 Å². The van der Waals surface area contributed by atoms with Gasteiger partial charge in [0, 0.05) is 5.02 Å². The number of carbonyl (C=O) groups is 1. The van der Waals surface area contributed by atoms with Crippen LogP contribution in [-0.2, 0) is 11.2 Å². The number of amides is 1. The number of halogens is 2. The van der Waals surface area contributed by atoms with Crippen LogP contribution in [0, 0.1) is 11.3 Å². The van der Waals surface area contributed by atoms with Gasteiger partial charge in [-0.1, -0.05) is 35.3 Å². The third-order valence-electron chi connectivity index (χ3n) is 2.63. The highest BCUT2D eigenvalue weighted by Gasteiger charge is 2.08. The fourth-order valence-electron chi connectivity index (χ4n) is 1.71. The first kappa shape index (κ1) is 14.4. The second-order valence-corrected chi connectivity index (χ2v) is 5.00. The predicted octanol–water partition coefficient (Wildman–Crippen LogP) is 4.05. The lowest BCUT2D eigenvalue weighted by molar-refractivity contribution is -0.115. The standard InChI is InChI=1S/C15H10Cl2N2O/c16-12-3-1-2-10(6-12)8-15(20)19-14-5-4-11(9-18)7-13(14)17/h1-7H,8H2,(H,19,20). The minimum atomic E-state index is -0.195. The van der Waals surface area contributed by atoms with Gasteiger partial charge >= 0.3 is 0 Å². The van der Waals surface area contributed by atoms with Crippen molar-refractivity contribution >= 4 is 34.8 Å². The van der Waals surface area contributed by atoms with E-state index in [9.17, 15) is 4.79 Å². The van der Waals surface area contributed by atoms with Gasteiger partial charge in [0.1, 0.15) is 0 Å². The summed E-state index contributed by atoms with van der Waals surface area (Å²) < 4.78 is 0. The van der Waals surface area contributed by atoms with Gasteiger partial charge < -0.3 is 5.32 Å². The number of anilines is 1. The van der Waals surface area contributed by atoms with Crippen molar-refractivity contribution in [3.05, 3.63) is 63.6 Å². The van der Waals surface area contributed by atoms with Crippen LogP contribution in [0.2, 0.25) is 10.0 Å². The maximum atomic E-state index is 11.9. The lowest BCUT2D eigenvalue weighted by Gasteiger charge is -2.07. The number of hydrogen-bond acceptors (Lipinski definition) is 2. The average Bonchev–Trinajstić information content (AvgIpc) is 2.41. The number of hydrogen-bond donors (Lipinski definition) is 1. The fraction of sp³-hybridized carbons (Fsp3) is 0.0667. The zero-order chi connectivity index (χ0) is 14.5. The van der Waals surface area contributed by atoms with Gasteiger partial charge in [-0.3, -0.25) is 4.79 Å². The summed E-state index contributed by atoms with van der Waals surface area (Å²) in [5.41, 5.74) is 1.75. The summed E-state index contributed by atoms with van der Waals surface area (Å²) in [6.07, 6.45) is 0.205. The monoisotopic (exact) mass is 304 g/mol. The zero-order valence-electron chi connectivity index (χ0n) is 10.4. The lowest BCUT2D eigenvalue weighted by atomic mass is 10.1. The van der Waals surface area contributed by atoms with Crippen LogP contribution >= 0.6 is 23.2 Å². The zero-order valence-corrected chi connectivity index (χ0v) is 11.9. The Balaban J connectivity index is 2.07. The molecule has 0 radical (unpaired) electrons. The van der Waals surface area contributed by atoms with Crippen molar-refractivity contribution in [3.8, 4) is 6.07 Å². The molecule has 0 aliphatic carbocycles.